The Kier molecular flexibility index (Phi) is 6.84. The quantitative estimate of drug-likeness (QED) is 0.805. The predicted molar refractivity (Wildman–Crippen MR) is 117 cm³/mol. The van der Waals surface area contributed by atoms with E-state index in [1.54, 1.807) is 4.90 Å². The van der Waals surface area contributed by atoms with Gasteiger partial charge in [0.15, 0.2) is 0 Å². The van der Waals surface area contributed by atoms with Crippen LogP contribution in [0.3, 0.4) is 0 Å². The first-order valence-corrected chi connectivity index (χ1v) is 9.54. The summed E-state index contributed by atoms with van der Waals surface area (Å²) in [5.41, 5.74) is 3.68. The van der Waals surface area contributed by atoms with Gasteiger partial charge in [0.05, 0.1) is 0 Å². The molecule has 2 aromatic carbocycles. The van der Waals surface area contributed by atoms with Crippen molar-refractivity contribution in [2.24, 2.45) is 0 Å². The Hall–Kier alpha value is -2.82. The molecule has 0 saturated carbocycles. The number of amides is 2. The van der Waals surface area contributed by atoms with Crippen molar-refractivity contribution >= 4 is 28.9 Å². The maximum absolute atomic E-state index is 12.4. The van der Waals surface area contributed by atoms with Crippen LogP contribution in [0.15, 0.2) is 48.5 Å². The van der Waals surface area contributed by atoms with Gasteiger partial charge in [-0.1, -0.05) is 39.0 Å². The standard InChI is InChI=1S/C23H31N3O2/c1-17(27)26(21-10-8-7-9-20(21)23(2,3)4)16-15-22(28)24-18-11-13-19(14-12-18)25(5)6/h7-14H,15-16H2,1-6H3,(H,24,28). The van der Waals surface area contributed by atoms with Gasteiger partial charge in [0, 0.05) is 51.0 Å². The number of hydrogen-bond acceptors (Lipinski definition) is 3. The summed E-state index contributed by atoms with van der Waals surface area (Å²) in [5, 5.41) is 2.90. The first-order valence-electron chi connectivity index (χ1n) is 9.54. The van der Waals surface area contributed by atoms with Crippen molar-refractivity contribution in [3.8, 4) is 0 Å². The maximum atomic E-state index is 12.4. The maximum Gasteiger partial charge on any atom is 0.226 e. The van der Waals surface area contributed by atoms with Crippen LogP contribution >= 0.6 is 0 Å². The Balaban J connectivity index is 2.08. The predicted octanol–water partition coefficient (Wildman–Crippen LogP) is 4.43. The molecule has 0 aliphatic rings. The van der Waals surface area contributed by atoms with E-state index in [0.29, 0.717) is 6.54 Å². The Morgan fingerprint density at radius 3 is 2.11 bits per heavy atom. The number of carbonyl (C=O) groups excluding carboxylic acids is 2. The molecule has 0 saturated heterocycles. The molecule has 0 bridgehead atoms. The van der Waals surface area contributed by atoms with Crippen LogP contribution in [-0.2, 0) is 15.0 Å². The molecule has 0 aromatic heterocycles. The van der Waals surface area contributed by atoms with Gasteiger partial charge < -0.3 is 15.1 Å². The van der Waals surface area contributed by atoms with Crippen molar-refractivity contribution < 1.29 is 9.59 Å². The molecule has 150 valence electrons. The molecule has 0 unspecified atom stereocenters. The second-order valence-electron chi connectivity index (χ2n) is 8.18. The van der Waals surface area contributed by atoms with E-state index >= 15 is 0 Å². The van der Waals surface area contributed by atoms with Gasteiger partial charge in [0.1, 0.15) is 0 Å². The second kappa shape index (κ2) is 8.91. The van der Waals surface area contributed by atoms with Crippen LogP contribution in [-0.4, -0.2) is 32.5 Å². The molecule has 0 spiro atoms. The molecular formula is C23H31N3O2. The van der Waals surface area contributed by atoms with E-state index in [9.17, 15) is 9.59 Å². The van der Waals surface area contributed by atoms with Gasteiger partial charge in [-0.2, -0.15) is 0 Å². The van der Waals surface area contributed by atoms with Crippen LogP contribution in [0.4, 0.5) is 17.1 Å². The fourth-order valence-corrected chi connectivity index (χ4v) is 3.07. The molecule has 2 amide bonds. The molecule has 2 aromatic rings. The number of hydrogen-bond donors (Lipinski definition) is 1. The van der Waals surface area contributed by atoms with Gasteiger partial charge in [-0.05, 0) is 41.3 Å². The molecule has 0 fully saturated rings. The van der Waals surface area contributed by atoms with Crippen molar-refractivity contribution in [3.05, 3.63) is 54.1 Å². The zero-order valence-electron chi connectivity index (χ0n) is 17.7. The van der Waals surface area contributed by atoms with E-state index in [1.165, 1.54) is 6.92 Å². The summed E-state index contributed by atoms with van der Waals surface area (Å²) in [6, 6.07) is 15.6. The fraction of sp³-hybridized carbons (Fsp3) is 0.391. The van der Waals surface area contributed by atoms with Gasteiger partial charge >= 0.3 is 0 Å². The highest BCUT2D eigenvalue weighted by atomic mass is 16.2. The SMILES string of the molecule is CC(=O)N(CCC(=O)Nc1ccc(N(C)C)cc1)c1ccccc1C(C)(C)C. The Bertz CT molecular complexity index is 820. The molecule has 5 nitrogen and oxygen atoms in total. The number of anilines is 3. The molecule has 0 atom stereocenters. The summed E-state index contributed by atoms with van der Waals surface area (Å²) < 4.78 is 0. The zero-order valence-corrected chi connectivity index (χ0v) is 17.7. The lowest BCUT2D eigenvalue weighted by atomic mass is 9.85. The molecular weight excluding hydrogens is 350 g/mol. The first-order chi connectivity index (χ1) is 13.1. The highest BCUT2D eigenvalue weighted by Crippen LogP contribution is 2.32. The highest BCUT2D eigenvalue weighted by molar-refractivity contribution is 5.95. The Morgan fingerprint density at radius 1 is 0.964 bits per heavy atom. The summed E-state index contributed by atoms with van der Waals surface area (Å²) in [4.78, 5) is 28.4. The van der Waals surface area contributed by atoms with Crippen LogP contribution in [0, 0.1) is 0 Å². The number of para-hydroxylation sites is 1. The number of rotatable bonds is 6. The molecule has 0 aliphatic carbocycles. The van der Waals surface area contributed by atoms with E-state index in [2.05, 4.69) is 26.1 Å². The molecule has 28 heavy (non-hydrogen) atoms. The Labute approximate surface area is 168 Å². The highest BCUT2D eigenvalue weighted by Gasteiger charge is 2.23. The zero-order chi connectivity index (χ0) is 20.9. The largest absolute Gasteiger partial charge is 0.378 e. The van der Waals surface area contributed by atoms with Crippen molar-refractivity contribution in [2.45, 2.75) is 39.5 Å². The molecule has 0 radical (unpaired) electrons. The van der Waals surface area contributed by atoms with E-state index in [0.717, 1.165) is 22.6 Å². The smallest absolute Gasteiger partial charge is 0.226 e. The minimum absolute atomic E-state index is 0.0696. The van der Waals surface area contributed by atoms with E-state index in [-0.39, 0.29) is 23.7 Å². The average molecular weight is 382 g/mol. The fourth-order valence-electron chi connectivity index (χ4n) is 3.07. The number of benzene rings is 2. The number of nitrogens with one attached hydrogen (secondary N) is 1. The number of carbonyl (C=O) groups is 2. The van der Waals surface area contributed by atoms with Crippen LogP contribution in [0.1, 0.15) is 39.7 Å². The van der Waals surface area contributed by atoms with Crippen LogP contribution in [0.25, 0.3) is 0 Å². The molecule has 1 N–H and O–H groups in total. The van der Waals surface area contributed by atoms with E-state index in [4.69, 9.17) is 0 Å². The summed E-state index contributed by atoms with van der Waals surface area (Å²) in [5.74, 6) is -0.183. The van der Waals surface area contributed by atoms with E-state index in [1.807, 2.05) is 67.5 Å². The normalized spacial score (nSPS) is 11.1. The third-order valence-corrected chi connectivity index (χ3v) is 4.61. The van der Waals surface area contributed by atoms with Gasteiger partial charge in [-0.15, -0.1) is 0 Å². The number of nitrogens with zero attached hydrogens (tertiary/aromatic N) is 2. The van der Waals surface area contributed by atoms with E-state index < -0.39 is 0 Å². The van der Waals surface area contributed by atoms with Crippen molar-refractivity contribution in [3.63, 3.8) is 0 Å². The summed E-state index contributed by atoms with van der Waals surface area (Å²) in [7, 11) is 3.94. The summed E-state index contributed by atoms with van der Waals surface area (Å²) in [6.07, 6.45) is 0.230. The Morgan fingerprint density at radius 2 is 1.57 bits per heavy atom. The summed E-state index contributed by atoms with van der Waals surface area (Å²) in [6.45, 7) is 8.23. The van der Waals surface area contributed by atoms with Gasteiger partial charge in [-0.3, -0.25) is 9.59 Å². The third kappa shape index (κ3) is 5.59. The lowest BCUT2D eigenvalue weighted by molar-refractivity contribution is -0.117. The minimum atomic E-state index is -0.114. The minimum Gasteiger partial charge on any atom is -0.378 e. The van der Waals surface area contributed by atoms with Crippen molar-refractivity contribution in [1.82, 2.24) is 0 Å². The van der Waals surface area contributed by atoms with Gasteiger partial charge in [-0.25, -0.2) is 0 Å². The summed E-state index contributed by atoms with van der Waals surface area (Å²) >= 11 is 0. The molecule has 0 heterocycles. The van der Waals surface area contributed by atoms with Crippen molar-refractivity contribution in [1.29, 1.82) is 0 Å². The first kappa shape index (κ1) is 21.5. The van der Waals surface area contributed by atoms with Gasteiger partial charge in [0.2, 0.25) is 11.8 Å². The molecule has 5 heteroatoms. The van der Waals surface area contributed by atoms with Crippen molar-refractivity contribution in [2.75, 3.05) is 35.8 Å². The van der Waals surface area contributed by atoms with Crippen LogP contribution in [0.5, 0.6) is 0 Å². The van der Waals surface area contributed by atoms with Crippen LogP contribution < -0.4 is 15.1 Å². The lowest BCUT2D eigenvalue weighted by Crippen LogP contribution is -2.34. The average Bonchev–Trinajstić information content (AvgIpc) is 2.61. The lowest BCUT2D eigenvalue weighted by Gasteiger charge is -2.29. The molecule has 0 aliphatic heterocycles. The van der Waals surface area contributed by atoms with Gasteiger partial charge in [0.25, 0.3) is 0 Å². The monoisotopic (exact) mass is 381 g/mol. The second-order valence-corrected chi connectivity index (χ2v) is 8.18. The molecule has 2 rings (SSSR count). The van der Waals surface area contributed by atoms with Crippen LogP contribution in [0.2, 0.25) is 0 Å². The topological polar surface area (TPSA) is 52.7 Å². The third-order valence-electron chi connectivity index (χ3n) is 4.61.